The van der Waals surface area contributed by atoms with Crippen molar-refractivity contribution in [2.45, 2.75) is 31.8 Å². The van der Waals surface area contributed by atoms with Crippen molar-refractivity contribution in [1.82, 2.24) is 19.3 Å². The smallest absolute Gasteiger partial charge is 0.253 e. The second-order valence-corrected chi connectivity index (χ2v) is 9.75. The van der Waals surface area contributed by atoms with Crippen LogP contribution in [0.1, 0.15) is 33.8 Å². The Morgan fingerprint density at radius 2 is 1.88 bits per heavy atom. The highest BCUT2D eigenvalue weighted by atomic mass is 32.2. The fourth-order valence-corrected chi connectivity index (χ4v) is 5.60. The van der Waals surface area contributed by atoms with Gasteiger partial charge in [0.2, 0.25) is 10.0 Å². The third-order valence-corrected chi connectivity index (χ3v) is 7.68. The molecule has 0 radical (unpaired) electrons. The Balaban J connectivity index is 1.38. The third kappa shape index (κ3) is 5.07. The van der Waals surface area contributed by atoms with Crippen LogP contribution in [0.2, 0.25) is 0 Å². The van der Waals surface area contributed by atoms with Crippen LogP contribution in [0.3, 0.4) is 0 Å². The molecule has 2 aromatic heterocycles. The topological polar surface area (TPSA) is 106 Å². The molecule has 1 amide bonds. The van der Waals surface area contributed by atoms with Gasteiger partial charge in [0, 0.05) is 49.7 Å². The summed E-state index contributed by atoms with van der Waals surface area (Å²) in [6.45, 7) is 4.92. The second kappa shape index (κ2) is 9.72. The lowest BCUT2D eigenvalue weighted by molar-refractivity contribution is 0.0764. The van der Waals surface area contributed by atoms with E-state index in [1.807, 2.05) is 12.1 Å². The van der Waals surface area contributed by atoms with Crippen molar-refractivity contribution >= 4 is 15.9 Å². The fraction of sp³-hybridized carbons (Fsp3) is 0.348. The highest BCUT2D eigenvalue weighted by Crippen LogP contribution is 2.24. The second-order valence-electron chi connectivity index (χ2n) is 7.88. The molecule has 0 saturated carbocycles. The van der Waals surface area contributed by atoms with E-state index in [2.05, 4.69) is 10.1 Å². The molecule has 0 bridgehead atoms. The molecule has 1 aliphatic rings. The summed E-state index contributed by atoms with van der Waals surface area (Å²) in [6.07, 6.45) is 3.99. The molecule has 33 heavy (non-hydrogen) atoms. The van der Waals surface area contributed by atoms with Crippen molar-refractivity contribution in [3.05, 3.63) is 71.4 Å². The summed E-state index contributed by atoms with van der Waals surface area (Å²) in [5.74, 6) is 0.795. The molecular weight excluding hydrogens is 444 g/mol. The number of hydrogen-bond acceptors (Lipinski definition) is 7. The van der Waals surface area contributed by atoms with Gasteiger partial charge < -0.3 is 14.2 Å². The van der Waals surface area contributed by atoms with Crippen LogP contribution in [-0.4, -0.2) is 59.8 Å². The highest BCUT2D eigenvalue weighted by Gasteiger charge is 2.33. The Labute approximate surface area is 193 Å². The van der Waals surface area contributed by atoms with E-state index in [0.29, 0.717) is 49.7 Å². The van der Waals surface area contributed by atoms with Crippen molar-refractivity contribution in [3.63, 3.8) is 0 Å². The first-order valence-electron chi connectivity index (χ1n) is 10.7. The van der Waals surface area contributed by atoms with Crippen LogP contribution in [0.15, 0.2) is 58.2 Å². The first kappa shape index (κ1) is 22.9. The molecule has 0 unspecified atom stereocenters. The molecule has 10 heteroatoms. The lowest BCUT2D eigenvalue weighted by Gasteiger charge is -2.22. The quantitative estimate of drug-likeness (QED) is 0.545. The maximum atomic E-state index is 13.1. The van der Waals surface area contributed by atoms with Gasteiger partial charge in [0.05, 0.1) is 0 Å². The number of aromatic nitrogens is 2. The molecule has 174 valence electrons. The predicted molar refractivity (Wildman–Crippen MR) is 120 cm³/mol. The number of carbonyl (C=O) groups is 1. The van der Waals surface area contributed by atoms with Crippen molar-refractivity contribution in [2.75, 3.05) is 26.2 Å². The summed E-state index contributed by atoms with van der Waals surface area (Å²) in [6, 6.07) is 10.8. The standard InChI is InChI=1S/C23H26N4O5S/c1-17-22(18(2)32-25-17)33(29,30)27-12-4-11-26(13-14-27)23(28)20-6-8-21(9-7-20)31-16-19-5-3-10-24-15-19/h3,5-10,15H,4,11-14,16H2,1-2H3. The first-order valence-corrected chi connectivity index (χ1v) is 12.1. The average molecular weight is 471 g/mol. The van der Waals surface area contributed by atoms with Gasteiger partial charge in [-0.3, -0.25) is 9.78 Å². The molecular formula is C23H26N4O5S. The minimum absolute atomic E-state index is 0.115. The Hall–Kier alpha value is -3.24. The average Bonchev–Trinajstić information content (AvgIpc) is 3.01. The van der Waals surface area contributed by atoms with E-state index in [0.717, 1.165) is 5.56 Å². The van der Waals surface area contributed by atoms with Crippen molar-refractivity contribution in [1.29, 1.82) is 0 Å². The van der Waals surface area contributed by atoms with Crippen molar-refractivity contribution in [3.8, 4) is 5.75 Å². The van der Waals surface area contributed by atoms with E-state index in [4.69, 9.17) is 9.26 Å². The minimum atomic E-state index is -3.73. The third-order valence-electron chi connectivity index (χ3n) is 5.54. The predicted octanol–water partition coefficient (Wildman–Crippen LogP) is 2.80. The van der Waals surface area contributed by atoms with Crippen LogP contribution in [0.4, 0.5) is 0 Å². The normalized spacial score (nSPS) is 15.3. The molecule has 1 aliphatic heterocycles. The lowest BCUT2D eigenvalue weighted by Crippen LogP contribution is -2.37. The maximum absolute atomic E-state index is 13.1. The number of rotatable bonds is 6. The minimum Gasteiger partial charge on any atom is -0.489 e. The number of hydrogen-bond donors (Lipinski definition) is 0. The molecule has 4 rings (SSSR count). The molecule has 1 aromatic carbocycles. The lowest BCUT2D eigenvalue weighted by atomic mass is 10.2. The molecule has 1 saturated heterocycles. The van der Waals surface area contributed by atoms with Gasteiger partial charge in [-0.2, -0.15) is 4.31 Å². The van der Waals surface area contributed by atoms with Crippen LogP contribution in [0, 0.1) is 13.8 Å². The molecule has 1 fully saturated rings. The summed E-state index contributed by atoms with van der Waals surface area (Å²) in [7, 11) is -3.73. The zero-order valence-electron chi connectivity index (χ0n) is 18.6. The summed E-state index contributed by atoms with van der Waals surface area (Å²) in [5.41, 5.74) is 1.83. The van der Waals surface area contributed by atoms with E-state index < -0.39 is 10.0 Å². The molecule has 0 N–H and O–H groups in total. The van der Waals surface area contributed by atoms with Crippen molar-refractivity contribution in [2.24, 2.45) is 0 Å². The molecule has 0 atom stereocenters. The van der Waals surface area contributed by atoms with E-state index in [-0.39, 0.29) is 23.1 Å². The zero-order valence-corrected chi connectivity index (χ0v) is 19.4. The number of pyridine rings is 1. The Kier molecular flexibility index (Phi) is 6.75. The van der Waals surface area contributed by atoms with Crippen LogP contribution >= 0.6 is 0 Å². The van der Waals surface area contributed by atoms with Crippen LogP contribution in [0.5, 0.6) is 5.75 Å². The highest BCUT2D eigenvalue weighted by molar-refractivity contribution is 7.89. The summed E-state index contributed by atoms with van der Waals surface area (Å²) < 4.78 is 38.4. The van der Waals surface area contributed by atoms with E-state index >= 15 is 0 Å². The van der Waals surface area contributed by atoms with Gasteiger partial charge in [-0.05, 0) is 50.6 Å². The van der Waals surface area contributed by atoms with Gasteiger partial charge >= 0.3 is 0 Å². The number of amides is 1. The summed E-state index contributed by atoms with van der Waals surface area (Å²) in [4.78, 5) is 18.9. The van der Waals surface area contributed by atoms with Gasteiger partial charge in [-0.1, -0.05) is 11.2 Å². The molecule has 0 spiro atoms. The van der Waals surface area contributed by atoms with Crippen LogP contribution < -0.4 is 4.74 Å². The molecule has 3 aromatic rings. The number of aryl methyl sites for hydroxylation is 2. The first-order chi connectivity index (χ1) is 15.9. The Morgan fingerprint density at radius 1 is 1.09 bits per heavy atom. The van der Waals surface area contributed by atoms with Gasteiger partial charge in [0.15, 0.2) is 5.76 Å². The zero-order chi connectivity index (χ0) is 23.4. The van der Waals surface area contributed by atoms with E-state index in [9.17, 15) is 13.2 Å². The van der Waals surface area contributed by atoms with Crippen LogP contribution in [0.25, 0.3) is 0 Å². The number of benzene rings is 1. The maximum Gasteiger partial charge on any atom is 0.253 e. The van der Waals surface area contributed by atoms with Gasteiger partial charge in [0.1, 0.15) is 22.9 Å². The van der Waals surface area contributed by atoms with E-state index in [1.165, 1.54) is 4.31 Å². The van der Waals surface area contributed by atoms with Crippen LogP contribution in [-0.2, 0) is 16.6 Å². The SMILES string of the molecule is Cc1noc(C)c1S(=O)(=O)N1CCCN(C(=O)c2ccc(OCc3cccnc3)cc2)CC1. The molecule has 0 aliphatic carbocycles. The Morgan fingerprint density at radius 3 is 2.55 bits per heavy atom. The van der Waals surface area contributed by atoms with Crippen molar-refractivity contribution < 1.29 is 22.5 Å². The van der Waals surface area contributed by atoms with Gasteiger partial charge in [-0.25, -0.2) is 8.42 Å². The van der Waals surface area contributed by atoms with Gasteiger partial charge in [-0.15, -0.1) is 0 Å². The van der Waals surface area contributed by atoms with E-state index in [1.54, 1.807) is 55.4 Å². The summed E-state index contributed by atoms with van der Waals surface area (Å²) in [5, 5.41) is 3.76. The number of sulfonamides is 1. The largest absolute Gasteiger partial charge is 0.489 e. The monoisotopic (exact) mass is 470 g/mol. The fourth-order valence-electron chi connectivity index (χ4n) is 3.84. The molecule has 3 heterocycles. The number of carbonyl (C=O) groups excluding carboxylic acids is 1. The number of ether oxygens (including phenoxy) is 1. The molecule has 9 nitrogen and oxygen atoms in total. The van der Waals surface area contributed by atoms with Gasteiger partial charge in [0.25, 0.3) is 5.91 Å². The number of nitrogens with zero attached hydrogens (tertiary/aromatic N) is 4. The summed E-state index contributed by atoms with van der Waals surface area (Å²) >= 11 is 0. The Bertz CT molecular complexity index is 1190.